The second-order valence-corrected chi connectivity index (χ2v) is 4.55. The number of aryl methyl sites for hydroxylation is 1. The Labute approximate surface area is 110 Å². The van der Waals surface area contributed by atoms with Crippen molar-refractivity contribution in [2.24, 2.45) is 12.8 Å². The van der Waals surface area contributed by atoms with Crippen molar-refractivity contribution in [1.82, 2.24) is 9.55 Å². The molecule has 2 N–H and O–H groups in total. The number of aromatic nitrogens is 2. The van der Waals surface area contributed by atoms with E-state index in [9.17, 15) is 4.39 Å². The maximum atomic E-state index is 13.3. The molecule has 0 bridgehead atoms. The normalized spacial score (nSPS) is 12.8. The van der Waals surface area contributed by atoms with E-state index in [-0.39, 0.29) is 11.9 Å². The number of imidazole rings is 1. The quantitative estimate of drug-likeness (QED) is 0.765. The van der Waals surface area contributed by atoms with Crippen LogP contribution in [0.1, 0.15) is 17.4 Å². The van der Waals surface area contributed by atoms with Gasteiger partial charge < -0.3 is 10.3 Å². The molecule has 0 radical (unpaired) electrons. The topological polar surface area (TPSA) is 43.8 Å². The first kappa shape index (κ1) is 11.9. The van der Waals surface area contributed by atoms with Crippen LogP contribution >= 0.6 is 0 Å². The Morgan fingerprint density at radius 3 is 2.63 bits per heavy atom. The van der Waals surface area contributed by atoms with Crippen molar-refractivity contribution in [3.8, 4) is 0 Å². The molecular weight excluding hydrogens is 241 g/mol. The molecular formula is C15H14FN3. The number of benzene rings is 2. The average Bonchev–Trinajstić information content (AvgIpc) is 2.76. The summed E-state index contributed by atoms with van der Waals surface area (Å²) in [7, 11) is 1.85. The van der Waals surface area contributed by atoms with Crippen LogP contribution in [0.15, 0.2) is 48.5 Å². The molecule has 96 valence electrons. The Morgan fingerprint density at radius 1 is 1.16 bits per heavy atom. The van der Waals surface area contributed by atoms with Crippen LogP contribution in [0.2, 0.25) is 0 Å². The average molecular weight is 255 g/mol. The second-order valence-electron chi connectivity index (χ2n) is 4.55. The van der Waals surface area contributed by atoms with Crippen molar-refractivity contribution < 1.29 is 4.39 Å². The fourth-order valence-electron chi connectivity index (χ4n) is 2.27. The zero-order valence-electron chi connectivity index (χ0n) is 10.5. The van der Waals surface area contributed by atoms with E-state index in [4.69, 9.17) is 5.73 Å². The maximum absolute atomic E-state index is 13.3. The van der Waals surface area contributed by atoms with Gasteiger partial charge >= 0.3 is 0 Å². The lowest BCUT2D eigenvalue weighted by molar-refractivity contribution is 0.628. The third-order valence-electron chi connectivity index (χ3n) is 3.31. The van der Waals surface area contributed by atoms with Gasteiger partial charge in [0, 0.05) is 7.05 Å². The van der Waals surface area contributed by atoms with Crippen LogP contribution in [0.3, 0.4) is 0 Å². The molecule has 0 aliphatic carbocycles. The zero-order chi connectivity index (χ0) is 13.4. The highest BCUT2D eigenvalue weighted by Crippen LogP contribution is 2.23. The summed E-state index contributed by atoms with van der Waals surface area (Å²) in [4.78, 5) is 4.50. The van der Waals surface area contributed by atoms with Gasteiger partial charge in [-0.05, 0) is 23.8 Å². The predicted octanol–water partition coefficient (Wildman–Crippen LogP) is 2.76. The number of hydrogen-bond acceptors (Lipinski definition) is 2. The van der Waals surface area contributed by atoms with Crippen LogP contribution in [-0.2, 0) is 7.05 Å². The number of rotatable bonds is 2. The van der Waals surface area contributed by atoms with E-state index in [1.807, 2.05) is 41.9 Å². The Bertz CT molecular complexity index is 719. The highest BCUT2D eigenvalue weighted by atomic mass is 19.1. The molecule has 0 saturated heterocycles. The Balaban J connectivity index is 2.13. The van der Waals surface area contributed by atoms with E-state index >= 15 is 0 Å². The Kier molecular flexibility index (Phi) is 2.80. The van der Waals surface area contributed by atoms with Gasteiger partial charge in [0.2, 0.25) is 0 Å². The summed E-state index contributed by atoms with van der Waals surface area (Å²) < 4.78 is 15.1. The van der Waals surface area contributed by atoms with Gasteiger partial charge in [-0.3, -0.25) is 0 Å². The number of halogens is 1. The summed E-state index contributed by atoms with van der Waals surface area (Å²) in [5, 5.41) is 0. The molecule has 1 atom stereocenters. The van der Waals surface area contributed by atoms with Crippen molar-refractivity contribution in [3.63, 3.8) is 0 Å². The molecule has 4 heteroatoms. The van der Waals surface area contributed by atoms with Crippen molar-refractivity contribution in [2.45, 2.75) is 6.04 Å². The number of fused-ring (bicyclic) bond motifs is 1. The molecule has 1 heterocycles. The van der Waals surface area contributed by atoms with E-state index in [2.05, 4.69) is 4.98 Å². The van der Waals surface area contributed by atoms with Crippen molar-refractivity contribution in [1.29, 1.82) is 0 Å². The molecule has 0 fully saturated rings. The molecule has 2 aromatic carbocycles. The van der Waals surface area contributed by atoms with Gasteiger partial charge in [-0.2, -0.15) is 0 Å². The molecule has 3 rings (SSSR count). The van der Waals surface area contributed by atoms with Crippen LogP contribution in [0.5, 0.6) is 0 Å². The Morgan fingerprint density at radius 2 is 1.89 bits per heavy atom. The van der Waals surface area contributed by atoms with Gasteiger partial charge in [-0.1, -0.05) is 30.3 Å². The van der Waals surface area contributed by atoms with Gasteiger partial charge in [0.25, 0.3) is 0 Å². The number of nitrogens with zero attached hydrogens (tertiary/aromatic N) is 2. The largest absolute Gasteiger partial charge is 0.329 e. The summed E-state index contributed by atoms with van der Waals surface area (Å²) in [5.74, 6) is 0.460. The smallest absolute Gasteiger partial charge is 0.131 e. The molecule has 0 spiro atoms. The van der Waals surface area contributed by atoms with Gasteiger partial charge in [-0.15, -0.1) is 0 Å². The van der Waals surface area contributed by atoms with Crippen molar-refractivity contribution in [2.75, 3.05) is 0 Å². The molecule has 0 aliphatic rings. The van der Waals surface area contributed by atoms with Crippen LogP contribution in [0, 0.1) is 5.82 Å². The minimum atomic E-state index is -0.318. The Hall–Kier alpha value is -2.20. The fraction of sp³-hybridized carbons (Fsp3) is 0.133. The molecule has 1 aromatic heterocycles. The molecule has 3 aromatic rings. The maximum Gasteiger partial charge on any atom is 0.131 e. The van der Waals surface area contributed by atoms with Crippen LogP contribution in [0.25, 0.3) is 11.0 Å². The van der Waals surface area contributed by atoms with E-state index in [0.717, 1.165) is 22.4 Å². The third kappa shape index (κ3) is 2.00. The minimum absolute atomic E-state index is 0.268. The number of hydrogen-bond donors (Lipinski definition) is 1. The van der Waals surface area contributed by atoms with Gasteiger partial charge in [0.05, 0.1) is 17.1 Å². The first-order chi connectivity index (χ1) is 9.16. The molecule has 0 aliphatic heterocycles. The summed E-state index contributed by atoms with van der Waals surface area (Å²) in [6.07, 6.45) is 0. The number of nitrogens with two attached hydrogens (primary N) is 1. The van der Waals surface area contributed by atoms with Crippen molar-refractivity contribution in [3.05, 3.63) is 65.7 Å². The summed E-state index contributed by atoms with van der Waals surface area (Å²) in [5.41, 5.74) is 8.74. The third-order valence-corrected chi connectivity index (χ3v) is 3.31. The summed E-state index contributed by atoms with van der Waals surface area (Å²) in [6.45, 7) is 0. The van der Waals surface area contributed by atoms with E-state index < -0.39 is 0 Å². The zero-order valence-corrected chi connectivity index (χ0v) is 10.5. The molecule has 0 saturated carbocycles. The van der Waals surface area contributed by atoms with Crippen LogP contribution in [0.4, 0.5) is 4.39 Å². The monoisotopic (exact) mass is 255 g/mol. The second kappa shape index (κ2) is 4.48. The summed E-state index contributed by atoms with van der Waals surface area (Å²) >= 11 is 0. The first-order valence-corrected chi connectivity index (χ1v) is 6.09. The van der Waals surface area contributed by atoms with E-state index in [1.54, 1.807) is 6.07 Å². The predicted molar refractivity (Wildman–Crippen MR) is 73.1 cm³/mol. The summed E-state index contributed by atoms with van der Waals surface area (Å²) in [6, 6.07) is 14.0. The van der Waals surface area contributed by atoms with Crippen LogP contribution < -0.4 is 5.73 Å². The molecule has 3 nitrogen and oxygen atoms in total. The molecule has 1 unspecified atom stereocenters. The van der Waals surface area contributed by atoms with Crippen LogP contribution in [-0.4, -0.2) is 9.55 Å². The van der Waals surface area contributed by atoms with Gasteiger partial charge in [0.1, 0.15) is 11.6 Å². The highest BCUT2D eigenvalue weighted by molar-refractivity contribution is 5.76. The lowest BCUT2D eigenvalue weighted by atomic mass is 10.1. The first-order valence-electron chi connectivity index (χ1n) is 6.09. The van der Waals surface area contributed by atoms with Crippen molar-refractivity contribution >= 4 is 11.0 Å². The SMILES string of the molecule is Cn1c(C(N)c2ccccc2)nc2ccc(F)cc21. The standard InChI is InChI=1S/C15H14FN3/c1-19-13-9-11(16)7-8-12(13)18-15(19)14(17)10-5-3-2-4-6-10/h2-9,14H,17H2,1H3. The van der Waals surface area contributed by atoms with Gasteiger partial charge in [-0.25, -0.2) is 9.37 Å². The van der Waals surface area contributed by atoms with Gasteiger partial charge in [0.15, 0.2) is 0 Å². The van der Waals surface area contributed by atoms with E-state index in [1.165, 1.54) is 12.1 Å². The molecule has 19 heavy (non-hydrogen) atoms. The fourth-order valence-corrected chi connectivity index (χ4v) is 2.27. The lowest BCUT2D eigenvalue weighted by Gasteiger charge is -2.11. The van der Waals surface area contributed by atoms with E-state index in [0.29, 0.717) is 0 Å². The lowest BCUT2D eigenvalue weighted by Crippen LogP contribution is -2.16. The highest BCUT2D eigenvalue weighted by Gasteiger charge is 2.16. The minimum Gasteiger partial charge on any atom is -0.329 e. The molecule has 0 amide bonds.